The van der Waals surface area contributed by atoms with E-state index in [0.29, 0.717) is 17.0 Å². The number of hydrogen-bond acceptors (Lipinski definition) is 4. The fraction of sp³-hybridized carbons (Fsp3) is 0.0714. The molecule has 0 saturated heterocycles. The van der Waals surface area contributed by atoms with Gasteiger partial charge in [0.1, 0.15) is 11.8 Å². The predicted octanol–water partition coefficient (Wildman–Crippen LogP) is 2.28. The molecule has 3 aromatic rings. The minimum atomic E-state index is 0.559. The van der Waals surface area contributed by atoms with Crippen LogP contribution in [-0.2, 0) is 0 Å². The fourth-order valence-electron chi connectivity index (χ4n) is 1.97. The van der Waals surface area contributed by atoms with Gasteiger partial charge in [-0.2, -0.15) is 5.26 Å². The van der Waals surface area contributed by atoms with Crippen LogP contribution >= 0.6 is 0 Å². The van der Waals surface area contributed by atoms with Crippen LogP contribution in [0.25, 0.3) is 17.0 Å². The number of ether oxygens (including phenoxy) is 1. The fourth-order valence-corrected chi connectivity index (χ4v) is 1.97. The van der Waals surface area contributed by atoms with E-state index in [1.54, 1.807) is 29.8 Å². The SMILES string of the molecule is COc1ccccc1-c1nnc2ccc(C#N)cn12. The standard InChI is InChI=1S/C14H10N4O/c1-19-12-5-3-2-4-11(12)14-17-16-13-7-6-10(8-15)9-18(13)14/h2-7,9H,1H3. The second-order valence-electron chi connectivity index (χ2n) is 3.98. The maximum Gasteiger partial charge on any atom is 0.172 e. The third kappa shape index (κ3) is 1.79. The van der Waals surface area contributed by atoms with Crippen molar-refractivity contribution in [3.05, 3.63) is 48.2 Å². The highest BCUT2D eigenvalue weighted by atomic mass is 16.5. The van der Waals surface area contributed by atoms with E-state index in [-0.39, 0.29) is 0 Å². The Kier molecular flexibility index (Phi) is 2.62. The van der Waals surface area contributed by atoms with Gasteiger partial charge in [0.25, 0.3) is 0 Å². The highest BCUT2D eigenvalue weighted by Gasteiger charge is 2.12. The molecule has 5 nitrogen and oxygen atoms in total. The van der Waals surface area contributed by atoms with Crippen molar-refractivity contribution in [3.63, 3.8) is 0 Å². The molecule has 0 aliphatic rings. The maximum atomic E-state index is 8.97. The molecule has 5 heteroatoms. The molecule has 92 valence electrons. The van der Waals surface area contributed by atoms with Crippen LogP contribution in [0.1, 0.15) is 5.56 Å². The summed E-state index contributed by atoms with van der Waals surface area (Å²) in [5.74, 6) is 1.38. The number of rotatable bonds is 2. The Morgan fingerprint density at radius 1 is 1.16 bits per heavy atom. The first-order valence-corrected chi connectivity index (χ1v) is 5.72. The highest BCUT2D eigenvalue weighted by Crippen LogP contribution is 2.28. The predicted molar refractivity (Wildman–Crippen MR) is 69.7 cm³/mol. The van der Waals surface area contributed by atoms with E-state index in [2.05, 4.69) is 16.3 Å². The molecule has 1 aromatic carbocycles. The first-order valence-electron chi connectivity index (χ1n) is 5.72. The number of benzene rings is 1. The van der Waals surface area contributed by atoms with E-state index in [0.717, 1.165) is 11.3 Å². The summed E-state index contributed by atoms with van der Waals surface area (Å²) in [6.45, 7) is 0. The van der Waals surface area contributed by atoms with Gasteiger partial charge in [-0.25, -0.2) is 0 Å². The van der Waals surface area contributed by atoms with Crippen LogP contribution in [0, 0.1) is 11.3 Å². The number of pyridine rings is 1. The largest absolute Gasteiger partial charge is 0.496 e. The van der Waals surface area contributed by atoms with Gasteiger partial charge < -0.3 is 4.74 Å². The van der Waals surface area contributed by atoms with E-state index in [1.807, 2.05) is 24.3 Å². The number of methoxy groups -OCH3 is 1. The molecule has 0 radical (unpaired) electrons. The normalized spacial score (nSPS) is 10.3. The van der Waals surface area contributed by atoms with Gasteiger partial charge in [0.2, 0.25) is 0 Å². The van der Waals surface area contributed by atoms with Gasteiger partial charge >= 0.3 is 0 Å². The van der Waals surface area contributed by atoms with Crippen molar-refractivity contribution in [2.24, 2.45) is 0 Å². The van der Waals surface area contributed by atoms with Gasteiger partial charge in [-0.1, -0.05) is 12.1 Å². The Morgan fingerprint density at radius 2 is 2.00 bits per heavy atom. The first kappa shape index (κ1) is 11.2. The molecule has 19 heavy (non-hydrogen) atoms. The Bertz CT molecular complexity index is 785. The Morgan fingerprint density at radius 3 is 2.79 bits per heavy atom. The molecule has 0 atom stereocenters. The molecule has 0 unspecified atom stereocenters. The van der Waals surface area contributed by atoms with Crippen molar-refractivity contribution in [2.75, 3.05) is 7.11 Å². The Balaban J connectivity index is 2.28. The molecular formula is C14H10N4O. The summed E-state index contributed by atoms with van der Waals surface area (Å²) in [6, 6.07) is 13.2. The zero-order chi connectivity index (χ0) is 13.2. The smallest absolute Gasteiger partial charge is 0.172 e. The molecule has 0 amide bonds. The molecule has 0 N–H and O–H groups in total. The zero-order valence-corrected chi connectivity index (χ0v) is 10.2. The number of nitriles is 1. The monoisotopic (exact) mass is 250 g/mol. The molecule has 0 saturated carbocycles. The molecule has 2 aromatic heterocycles. The van der Waals surface area contributed by atoms with Crippen LogP contribution in [0.5, 0.6) is 5.75 Å². The van der Waals surface area contributed by atoms with Crippen molar-refractivity contribution < 1.29 is 4.74 Å². The minimum absolute atomic E-state index is 0.559. The van der Waals surface area contributed by atoms with Crippen LogP contribution in [0.3, 0.4) is 0 Å². The number of fused-ring (bicyclic) bond motifs is 1. The number of nitrogens with zero attached hydrogens (tertiary/aromatic N) is 4. The van der Waals surface area contributed by atoms with Crippen molar-refractivity contribution in [1.82, 2.24) is 14.6 Å². The molecule has 0 bridgehead atoms. The third-order valence-corrected chi connectivity index (χ3v) is 2.88. The van der Waals surface area contributed by atoms with Crippen LogP contribution < -0.4 is 4.74 Å². The molecule has 2 heterocycles. The first-order chi connectivity index (χ1) is 9.33. The van der Waals surface area contributed by atoms with E-state index in [9.17, 15) is 0 Å². The summed E-state index contributed by atoms with van der Waals surface area (Å²) in [7, 11) is 1.61. The van der Waals surface area contributed by atoms with Crippen molar-refractivity contribution in [3.8, 4) is 23.2 Å². The summed E-state index contributed by atoms with van der Waals surface area (Å²) < 4.78 is 7.12. The average molecular weight is 250 g/mol. The lowest BCUT2D eigenvalue weighted by Crippen LogP contribution is -1.93. The lowest BCUT2D eigenvalue weighted by atomic mass is 10.2. The average Bonchev–Trinajstić information content (AvgIpc) is 2.89. The van der Waals surface area contributed by atoms with E-state index >= 15 is 0 Å². The van der Waals surface area contributed by atoms with Crippen molar-refractivity contribution >= 4 is 5.65 Å². The Hall–Kier alpha value is -2.87. The molecule has 0 fully saturated rings. The lowest BCUT2D eigenvalue weighted by molar-refractivity contribution is 0.416. The van der Waals surface area contributed by atoms with Gasteiger partial charge in [0.15, 0.2) is 11.5 Å². The van der Waals surface area contributed by atoms with Crippen LogP contribution in [0.2, 0.25) is 0 Å². The van der Waals surface area contributed by atoms with E-state index in [1.165, 1.54) is 0 Å². The summed E-state index contributed by atoms with van der Waals surface area (Å²) in [6.07, 6.45) is 1.72. The molecule has 3 rings (SSSR count). The number of hydrogen-bond donors (Lipinski definition) is 0. The van der Waals surface area contributed by atoms with E-state index in [4.69, 9.17) is 10.00 Å². The molecule has 0 aliphatic carbocycles. The molecular weight excluding hydrogens is 240 g/mol. The summed E-state index contributed by atoms with van der Waals surface area (Å²) in [5.41, 5.74) is 2.09. The third-order valence-electron chi connectivity index (χ3n) is 2.88. The van der Waals surface area contributed by atoms with Gasteiger partial charge in [-0.05, 0) is 24.3 Å². The topological polar surface area (TPSA) is 63.2 Å². The molecule has 0 spiro atoms. The maximum absolute atomic E-state index is 8.97. The summed E-state index contributed by atoms with van der Waals surface area (Å²) in [5, 5.41) is 17.2. The number of para-hydroxylation sites is 1. The number of aromatic nitrogens is 3. The van der Waals surface area contributed by atoms with Crippen LogP contribution in [0.15, 0.2) is 42.6 Å². The van der Waals surface area contributed by atoms with Crippen LogP contribution in [0.4, 0.5) is 0 Å². The van der Waals surface area contributed by atoms with Crippen LogP contribution in [-0.4, -0.2) is 21.7 Å². The van der Waals surface area contributed by atoms with Gasteiger partial charge in [-0.15, -0.1) is 10.2 Å². The van der Waals surface area contributed by atoms with Crippen molar-refractivity contribution in [1.29, 1.82) is 5.26 Å². The summed E-state index contributed by atoms with van der Waals surface area (Å²) >= 11 is 0. The van der Waals surface area contributed by atoms with Gasteiger partial charge in [-0.3, -0.25) is 4.40 Å². The van der Waals surface area contributed by atoms with Crippen molar-refractivity contribution in [2.45, 2.75) is 0 Å². The van der Waals surface area contributed by atoms with Gasteiger partial charge in [0, 0.05) is 6.20 Å². The quantitative estimate of drug-likeness (QED) is 0.700. The summed E-state index contributed by atoms with van der Waals surface area (Å²) in [4.78, 5) is 0. The van der Waals surface area contributed by atoms with Gasteiger partial charge in [0.05, 0.1) is 18.2 Å². The van der Waals surface area contributed by atoms with E-state index < -0.39 is 0 Å². The lowest BCUT2D eigenvalue weighted by Gasteiger charge is -2.06. The Labute approximate surface area is 109 Å². The molecule has 0 aliphatic heterocycles. The second-order valence-corrected chi connectivity index (χ2v) is 3.98. The highest BCUT2D eigenvalue weighted by molar-refractivity contribution is 5.66. The minimum Gasteiger partial charge on any atom is -0.496 e. The zero-order valence-electron chi connectivity index (χ0n) is 10.2. The second kappa shape index (κ2) is 4.42.